The van der Waals surface area contributed by atoms with Crippen molar-refractivity contribution < 1.29 is 4.79 Å². The van der Waals surface area contributed by atoms with E-state index in [4.69, 9.17) is 0 Å². The summed E-state index contributed by atoms with van der Waals surface area (Å²) in [5, 5.41) is 0. The van der Waals surface area contributed by atoms with Crippen molar-refractivity contribution >= 4 is 14.1 Å². The highest BCUT2D eigenvalue weighted by molar-refractivity contribution is 7.58. The van der Waals surface area contributed by atoms with Gasteiger partial charge in [-0.05, 0) is 15.2 Å². The van der Waals surface area contributed by atoms with Gasteiger partial charge in [0.05, 0.1) is 5.69 Å². The Kier molecular flexibility index (Phi) is 2.55. The highest BCUT2D eigenvalue weighted by Gasteiger charge is 2.04. The van der Waals surface area contributed by atoms with E-state index >= 15 is 0 Å². The molecule has 64 valence electrons. The first-order valence-electron chi connectivity index (χ1n) is 3.19. The molecule has 0 amide bonds. The van der Waals surface area contributed by atoms with Crippen LogP contribution in [-0.4, -0.2) is 22.2 Å². The van der Waals surface area contributed by atoms with E-state index in [1.54, 1.807) is 6.66 Å². The highest BCUT2D eigenvalue weighted by atomic mass is 31.1. The van der Waals surface area contributed by atoms with Crippen molar-refractivity contribution in [2.75, 3.05) is 6.66 Å². The Balaban J connectivity index is 3.27. The normalized spacial score (nSPS) is 10.8. The molecule has 1 rings (SSSR count). The molecular formula is C6H7N2O3P. The summed E-state index contributed by atoms with van der Waals surface area (Å²) in [7, 11) is 0.0399. The van der Waals surface area contributed by atoms with Gasteiger partial charge in [0, 0.05) is 6.07 Å². The van der Waals surface area contributed by atoms with E-state index in [9.17, 15) is 14.4 Å². The SMILES string of the molecule is CPC(=O)c1cc(=O)[nH]c(=O)[nH]1. The van der Waals surface area contributed by atoms with Crippen molar-refractivity contribution in [3.8, 4) is 0 Å². The first-order valence-corrected chi connectivity index (χ1v) is 4.69. The fourth-order valence-corrected chi connectivity index (χ4v) is 1.13. The maximum atomic E-state index is 11.0. The molecule has 0 aliphatic heterocycles. The first kappa shape index (κ1) is 8.87. The standard InChI is InChI=1S/C6H7N2O3P/c1-12-5(10)3-2-4(9)8-6(11)7-3/h2,12H,1H3,(H2,7,8,9,11). The molecule has 1 atom stereocenters. The van der Waals surface area contributed by atoms with E-state index in [2.05, 4.69) is 4.98 Å². The second kappa shape index (κ2) is 3.45. The van der Waals surface area contributed by atoms with Gasteiger partial charge in [0.1, 0.15) is 0 Å². The molecule has 6 heteroatoms. The molecule has 0 spiro atoms. The fourth-order valence-electron chi connectivity index (χ4n) is 0.726. The van der Waals surface area contributed by atoms with Gasteiger partial charge >= 0.3 is 5.69 Å². The maximum Gasteiger partial charge on any atom is 0.326 e. The van der Waals surface area contributed by atoms with Gasteiger partial charge in [0.2, 0.25) is 0 Å². The summed E-state index contributed by atoms with van der Waals surface area (Å²) in [5.41, 5.74) is -1.35. The molecule has 1 unspecified atom stereocenters. The van der Waals surface area contributed by atoms with Crippen molar-refractivity contribution in [1.82, 2.24) is 9.97 Å². The molecule has 5 nitrogen and oxygen atoms in total. The van der Waals surface area contributed by atoms with Crippen LogP contribution in [0.1, 0.15) is 10.5 Å². The molecule has 1 aromatic rings. The van der Waals surface area contributed by atoms with Crippen LogP contribution in [0.5, 0.6) is 0 Å². The molecule has 0 saturated heterocycles. The Labute approximate surface area is 69.0 Å². The summed E-state index contributed by atoms with van der Waals surface area (Å²) in [6, 6.07) is 1.08. The quantitative estimate of drug-likeness (QED) is 0.611. The smallest absolute Gasteiger partial charge is 0.304 e. The predicted octanol–water partition coefficient (Wildman–Crippen LogP) is -0.488. The monoisotopic (exact) mass is 186 g/mol. The predicted molar refractivity (Wildman–Crippen MR) is 46.3 cm³/mol. The molecule has 0 fully saturated rings. The number of aromatic nitrogens is 2. The molecule has 1 heterocycles. The number of carbonyl (C=O) groups excluding carboxylic acids is 1. The van der Waals surface area contributed by atoms with Crippen molar-refractivity contribution in [2.24, 2.45) is 0 Å². The summed E-state index contributed by atoms with van der Waals surface area (Å²) in [5.74, 6) is 0. The van der Waals surface area contributed by atoms with Crippen molar-refractivity contribution in [3.63, 3.8) is 0 Å². The van der Waals surface area contributed by atoms with Gasteiger partial charge in [-0.25, -0.2) is 4.79 Å². The van der Waals surface area contributed by atoms with Crippen molar-refractivity contribution in [2.45, 2.75) is 0 Å². The second-order valence-corrected chi connectivity index (χ2v) is 3.03. The summed E-state index contributed by atoms with van der Waals surface area (Å²) in [4.78, 5) is 36.6. The number of rotatable bonds is 2. The number of nitrogens with one attached hydrogen (secondary N) is 2. The molecule has 0 radical (unpaired) electrons. The van der Waals surface area contributed by atoms with Crippen LogP contribution in [0.25, 0.3) is 0 Å². The molecular weight excluding hydrogens is 179 g/mol. The third-order valence-electron chi connectivity index (χ3n) is 1.23. The number of hydrogen-bond acceptors (Lipinski definition) is 3. The molecule has 0 saturated carbocycles. The van der Waals surface area contributed by atoms with Crippen LogP contribution in [0.15, 0.2) is 15.7 Å². The van der Waals surface area contributed by atoms with Crippen LogP contribution in [0, 0.1) is 0 Å². The van der Waals surface area contributed by atoms with Gasteiger partial charge in [-0.2, -0.15) is 0 Å². The molecule has 2 N–H and O–H groups in total. The van der Waals surface area contributed by atoms with E-state index < -0.39 is 11.2 Å². The lowest BCUT2D eigenvalue weighted by Gasteiger charge is -1.94. The van der Waals surface area contributed by atoms with Gasteiger partial charge in [-0.1, -0.05) is 0 Å². The number of hydrogen-bond donors (Lipinski definition) is 2. The third-order valence-corrected chi connectivity index (χ3v) is 1.96. The Hall–Kier alpha value is -1.22. The zero-order chi connectivity index (χ0) is 9.14. The van der Waals surface area contributed by atoms with Gasteiger partial charge < -0.3 is 4.98 Å². The molecule has 1 aromatic heterocycles. The number of carbonyl (C=O) groups is 1. The van der Waals surface area contributed by atoms with E-state index in [1.807, 2.05) is 4.98 Å². The van der Waals surface area contributed by atoms with Crippen LogP contribution >= 0.6 is 8.58 Å². The molecule has 0 aliphatic carbocycles. The molecule has 0 bridgehead atoms. The lowest BCUT2D eigenvalue weighted by Crippen LogP contribution is -2.23. The largest absolute Gasteiger partial charge is 0.326 e. The van der Waals surface area contributed by atoms with Crippen LogP contribution in [-0.2, 0) is 0 Å². The summed E-state index contributed by atoms with van der Waals surface area (Å²) in [6.45, 7) is 1.68. The molecule has 0 aromatic carbocycles. The lowest BCUT2D eigenvalue weighted by molar-refractivity contribution is 0.108. The third kappa shape index (κ3) is 1.89. The van der Waals surface area contributed by atoms with Crippen molar-refractivity contribution in [1.29, 1.82) is 0 Å². The Morgan fingerprint density at radius 3 is 2.58 bits per heavy atom. The zero-order valence-corrected chi connectivity index (χ0v) is 7.30. The minimum absolute atomic E-state index is 0.0399. The first-order chi connectivity index (χ1) is 5.63. The highest BCUT2D eigenvalue weighted by Crippen LogP contribution is 2.08. The van der Waals surface area contributed by atoms with Gasteiger partial charge in [0.25, 0.3) is 5.56 Å². The number of aromatic amines is 2. The maximum absolute atomic E-state index is 11.0. The average molecular weight is 186 g/mol. The van der Waals surface area contributed by atoms with Crippen LogP contribution in [0.3, 0.4) is 0 Å². The molecule has 0 aliphatic rings. The van der Waals surface area contributed by atoms with E-state index in [0.717, 1.165) is 6.07 Å². The topological polar surface area (TPSA) is 82.8 Å². The Morgan fingerprint density at radius 2 is 2.08 bits per heavy atom. The minimum Gasteiger partial charge on any atom is -0.304 e. The van der Waals surface area contributed by atoms with Gasteiger partial charge in [-0.3, -0.25) is 14.6 Å². The van der Waals surface area contributed by atoms with Crippen molar-refractivity contribution in [3.05, 3.63) is 32.6 Å². The van der Waals surface area contributed by atoms with Crippen LogP contribution in [0.4, 0.5) is 0 Å². The zero-order valence-electron chi connectivity index (χ0n) is 6.30. The average Bonchev–Trinajstić information content (AvgIpc) is 2.01. The van der Waals surface area contributed by atoms with E-state index in [-0.39, 0.29) is 19.8 Å². The van der Waals surface area contributed by atoms with Crippen LogP contribution in [0.2, 0.25) is 0 Å². The Bertz CT molecular complexity index is 377. The minimum atomic E-state index is -0.649. The van der Waals surface area contributed by atoms with Gasteiger partial charge in [0.15, 0.2) is 5.52 Å². The fraction of sp³-hybridized carbons (Fsp3) is 0.167. The van der Waals surface area contributed by atoms with E-state index in [1.165, 1.54) is 0 Å². The van der Waals surface area contributed by atoms with Gasteiger partial charge in [-0.15, -0.1) is 0 Å². The summed E-state index contributed by atoms with van der Waals surface area (Å²) >= 11 is 0. The van der Waals surface area contributed by atoms with E-state index in [0.29, 0.717) is 0 Å². The lowest BCUT2D eigenvalue weighted by atomic mass is 10.4. The number of H-pyrrole nitrogens is 2. The second-order valence-electron chi connectivity index (χ2n) is 2.08. The van der Waals surface area contributed by atoms with Crippen LogP contribution < -0.4 is 11.2 Å². The molecule has 12 heavy (non-hydrogen) atoms. The summed E-state index contributed by atoms with van der Waals surface area (Å²) < 4.78 is 0. The summed E-state index contributed by atoms with van der Waals surface area (Å²) in [6.07, 6.45) is 0. The Morgan fingerprint density at radius 1 is 1.42 bits per heavy atom.